The molecule has 0 aromatic carbocycles. The fraction of sp³-hybridized carbons (Fsp3) is 0.625. The van der Waals surface area contributed by atoms with E-state index in [-0.39, 0.29) is 11.8 Å². The van der Waals surface area contributed by atoms with E-state index in [1.807, 2.05) is 19.3 Å². The van der Waals surface area contributed by atoms with Crippen LogP contribution in [0.1, 0.15) is 56.1 Å². The zero-order chi connectivity index (χ0) is 13.8. The van der Waals surface area contributed by atoms with Crippen LogP contribution >= 0.6 is 0 Å². The summed E-state index contributed by atoms with van der Waals surface area (Å²) in [6.07, 6.45) is 8.92. The molecule has 3 heteroatoms. The molecule has 0 saturated heterocycles. The number of carbonyl (C=O) groups is 1. The molecule has 1 fully saturated rings. The summed E-state index contributed by atoms with van der Waals surface area (Å²) >= 11 is 0. The molecule has 1 aromatic rings. The summed E-state index contributed by atoms with van der Waals surface area (Å²) in [5.74, 6) is -0.0838. The van der Waals surface area contributed by atoms with Crippen molar-refractivity contribution in [1.29, 1.82) is 0 Å². The van der Waals surface area contributed by atoms with Crippen LogP contribution < -0.4 is 0 Å². The molecule has 3 atom stereocenters. The molecular weight excluding hydrogens is 238 g/mol. The molecule has 19 heavy (non-hydrogen) atoms. The zero-order valence-electron chi connectivity index (χ0n) is 11.8. The van der Waals surface area contributed by atoms with Gasteiger partial charge in [0.15, 0.2) is 0 Å². The summed E-state index contributed by atoms with van der Waals surface area (Å²) in [7, 11) is 0. The highest BCUT2D eigenvalue weighted by atomic mass is 16.4. The van der Waals surface area contributed by atoms with E-state index in [0.717, 1.165) is 30.4 Å². The quantitative estimate of drug-likeness (QED) is 0.897. The second-order valence-electron chi connectivity index (χ2n) is 5.81. The normalized spacial score (nSPS) is 27.2. The number of pyridine rings is 1. The van der Waals surface area contributed by atoms with E-state index in [1.165, 1.54) is 12.8 Å². The first-order valence-electron chi connectivity index (χ1n) is 7.26. The molecule has 1 saturated carbocycles. The fourth-order valence-electron chi connectivity index (χ4n) is 3.37. The molecule has 0 radical (unpaired) electrons. The average Bonchev–Trinajstić information content (AvgIpc) is 2.39. The maximum absolute atomic E-state index is 11.5. The van der Waals surface area contributed by atoms with Gasteiger partial charge in [0.2, 0.25) is 0 Å². The summed E-state index contributed by atoms with van der Waals surface area (Å²) in [6.45, 7) is 4.21. The molecule has 0 aliphatic heterocycles. The van der Waals surface area contributed by atoms with E-state index >= 15 is 0 Å². The highest BCUT2D eigenvalue weighted by Crippen LogP contribution is 2.42. The molecule has 1 N–H and O–H groups in total. The second kappa shape index (κ2) is 6.18. The SMILES string of the molecule is CCCC1CCC(C(=O)O)C(c2cncc(C)c2)C1. The van der Waals surface area contributed by atoms with Gasteiger partial charge in [0.1, 0.15) is 0 Å². The lowest BCUT2D eigenvalue weighted by Gasteiger charge is -2.34. The van der Waals surface area contributed by atoms with Gasteiger partial charge in [0.05, 0.1) is 5.92 Å². The van der Waals surface area contributed by atoms with Crippen molar-refractivity contribution in [2.24, 2.45) is 11.8 Å². The van der Waals surface area contributed by atoms with E-state index in [9.17, 15) is 9.90 Å². The number of aromatic nitrogens is 1. The molecule has 1 aromatic heterocycles. The lowest BCUT2D eigenvalue weighted by atomic mass is 9.70. The van der Waals surface area contributed by atoms with Crippen LogP contribution in [0.5, 0.6) is 0 Å². The van der Waals surface area contributed by atoms with Crippen LogP contribution in [0.3, 0.4) is 0 Å². The number of hydrogen-bond acceptors (Lipinski definition) is 2. The highest BCUT2D eigenvalue weighted by Gasteiger charge is 2.35. The minimum absolute atomic E-state index is 0.134. The molecule has 1 heterocycles. The largest absolute Gasteiger partial charge is 0.481 e. The number of hydrogen-bond donors (Lipinski definition) is 1. The van der Waals surface area contributed by atoms with Gasteiger partial charge in [-0.3, -0.25) is 9.78 Å². The number of carboxylic acid groups (broad SMARTS) is 1. The number of rotatable bonds is 4. The van der Waals surface area contributed by atoms with Crippen molar-refractivity contribution in [3.63, 3.8) is 0 Å². The van der Waals surface area contributed by atoms with Crippen LogP contribution in [-0.4, -0.2) is 16.1 Å². The van der Waals surface area contributed by atoms with Crippen molar-refractivity contribution in [2.45, 2.75) is 51.9 Å². The first-order valence-corrected chi connectivity index (χ1v) is 7.26. The van der Waals surface area contributed by atoms with Gasteiger partial charge in [-0.2, -0.15) is 0 Å². The van der Waals surface area contributed by atoms with Crippen LogP contribution in [0.4, 0.5) is 0 Å². The van der Waals surface area contributed by atoms with Crippen molar-refractivity contribution < 1.29 is 9.90 Å². The van der Waals surface area contributed by atoms with E-state index in [0.29, 0.717) is 5.92 Å². The van der Waals surface area contributed by atoms with Crippen molar-refractivity contribution in [3.05, 3.63) is 29.6 Å². The lowest BCUT2D eigenvalue weighted by molar-refractivity contribution is -0.143. The van der Waals surface area contributed by atoms with E-state index in [1.54, 1.807) is 0 Å². The van der Waals surface area contributed by atoms with Gasteiger partial charge in [-0.25, -0.2) is 0 Å². The van der Waals surface area contributed by atoms with Gasteiger partial charge in [0.25, 0.3) is 0 Å². The Labute approximate surface area is 115 Å². The van der Waals surface area contributed by atoms with Crippen molar-refractivity contribution >= 4 is 5.97 Å². The van der Waals surface area contributed by atoms with Gasteiger partial charge in [-0.1, -0.05) is 25.8 Å². The smallest absolute Gasteiger partial charge is 0.307 e. The highest BCUT2D eigenvalue weighted by molar-refractivity contribution is 5.71. The summed E-state index contributed by atoms with van der Waals surface area (Å²) in [5.41, 5.74) is 2.22. The van der Waals surface area contributed by atoms with E-state index < -0.39 is 5.97 Å². The third kappa shape index (κ3) is 3.34. The fourth-order valence-corrected chi connectivity index (χ4v) is 3.37. The van der Waals surface area contributed by atoms with Gasteiger partial charge in [0, 0.05) is 12.4 Å². The Morgan fingerprint density at radius 3 is 2.84 bits per heavy atom. The molecule has 1 aliphatic carbocycles. The molecule has 2 rings (SSSR count). The predicted molar refractivity (Wildman–Crippen MR) is 75.1 cm³/mol. The molecule has 3 nitrogen and oxygen atoms in total. The lowest BCUT2D eigenvalue weighted by Crippen LogP contribution is -2.29. The summed E-state index contributed by atoms with van der Waals surface area (Å²) in [5, 5.41) is 9.44. The number of nitrogens with zero attached hydrogens (tertiary/aromatic N) is 1. The number of carboxylic acids is 1. The molecule has 3 unspecified atom stereocenters. The van der Waals surface area contributed by atoms with Crippen LogP contribution in [-0.2, 0) is 4.79 Å². The summed E-state index contributed by atoms with van der Waals surface area (Å²) in [6, 6.07) is 2.10. The maximum Gasteiger partial charge on any atom is 0.307 e. The minimum atomic E-state index is -0.651. The predicted octanol–water partition coefficient (Wildman–Crippen LogP) is 3.77. The van der Waals surface area contributed by atoms with Crippen LogP contribution in [0.15, 0.2) is 18.5 Å². The Bertz CT molecular complexity index is 444. The minimum Gasteiger partial charge on any atom is -0.481 e. The van der Waals surface area contributed by atoms with Crippen molar-refractivity contribution in [3.8, 4) is 0 Å². The Kier molecular flexibility index (Phi) is 4.56. The van der Waals surface area contributed by atoms with Gasteiger partial charge >= 0.3 is 5.97 Å². The Morgan fingerprint density at radius 2 is 2.21 bits per heavy atom. The molecule has 104 valence electrons. The van der Waals surface area contributed by atoms with Crippen LogP contribution in [0.25, 0.3) is 0 Å². The van der Waals surface area contributed by atoms with Crippen molar-refractivity contribution in [1.82, 2.24) is 4.98 Å². The van der Waals surface area contributed by atoms with Gasteiger partial charge in [-0.05, 0) is 49.1 Å². The zero-order valence-corrected chi connectivity index (χ0v) is 11.8. The first kappa shape index (κ1) is 14.0. The molecule has 0 amide bonds. The average molecular weight is 261 g/mol. The number of aryl methyl sites for hydroxylation is 1. The second-order valence-corrected chi connectivity index (χ2v) is 5.81. The Morgan fingerprint density at radius 1 is 1.42 bits per heavy atom. The molecular formula is C16H23NO2. The van der Waals surface area contributed by atoms with E-state index in [2.05, 4.69) is 18.0 Å². The first-order chi connectivity index (χ1) is 9.11. The van der Waals surface area contributed by atoms with Crippen molar-refractivity contribution in [2.75, 3.05) is 0 Å². The molecule has 0 spiro atoms. The Hall–Kier alpha value is -1.38. The topological polar surface area (TPSA) is 50.2 Å². The molecule has 1 aliphatic rings. The van der Waals surface area contributed by atoms with E-state index in [4.69, 9.17) is 0 Å². The third-order valence-corrected chi connectivity index (χ3v) is 4.30. The van der Waals surface area contributed by atoms with Crippen LogP contribution in [0, 0.1) is 18.8 Å². The standard InChI is InChI=1S/C16H23NO2/c1-3-4-12-5-6-14(16(18)19)15(8-12)13-7-11(2)9-17-10-13/h7,9-10,12,14-15H,3-6,8H2,1-2H3,(H,18,19). The van der Waals surface area contributed by atoms with Gasteiger partial charge < -0.3 is 5.11 Å². The molecule has 0 bridgehead atoms. The third-order valence-electron chi connectivity index (χ3n) is 4.30. The monoisotopic (exact) mass is 261 g/mol. The maximum atomic E-state index is 11.5. The summed E-state index contributed by atoms with van der Waals surface area (Å²) < 4.78 is 0. The van der Waals surface area contributed by atoms with Crippen LogP contribution in [0.2, 0.25) is 0 Å². The summed E-state index contributed by atoms with van der Waals surface area (Å²) in [4.78, 5) is 15.7. The number of aliphatic carboxylic acids is 1. The Balaban J connectivity index is 2.22. The van der Waals surface area contributed by atoms with Gasteiger partial charge in [-0.15, -0.1) is 0 Å².